The van der Waals surface area contributed by atoms with Crippen molar-refractivity contribution in [2.45, 2.75) is 51.6 Å². The second kappa shape index (κ2) is 6.98. The highest BCUT2D eigenvalue weighted by atomic mass is 16.5. The summed E-state index contributed by atoms with van der Waals surface area (Å²) in [6, 6.07) is 7.11. The summed E-state index contributed by atoms with van der Waals surface area (Å²) in [7, 11) is 3.35. The lowest BCUT2D eigenvalue weighted by atomic mass is 10.0. The lowest BCUT2D eigenvalue weighted by Crippen LogP contribution is -2.31. The average molecular weight is 277 g/mol. The predicted molar refractivity (Wildman–Crippen MR) is 82.5 cm³/mol. The van der Waals surface area contributed by atoms with Crippen LogP contribution in [0.1, 0.15) is 51.1 Å². The molecule has 0 spiro atoms. The van der Waals surface area contributed by atoms with Gasteiger partial charge in [-0.15, -0.1) is 0 Å². The Morgan fingerprint density at radius 1 is 1.20 bits per heavy atom. The zero-order chi connectivity index (χ0) is 14.5. The lowest BCUT2D eigenvalue weighted by Gasteiger charge is -2.23. The van der Waals surface area contributed by atoms with E-state index in [0.717, 1.165) is 17.4 Å². The molecule has 0 aliphatic heterocycles. The maximum atomic E-state index is 5.38. The van der Waals surface area contributed by atoms with Gasteiger partial charge < -0.3 is 14.8 Å². The van der Waals surface area contributed by atoms with Gasteiger partial charge in [-0.05, 0) is 43.4 Å². The fraction of sp³-hybridized carbons (Fsp3) is 0.647. The normalized spacial score (nSPS) is 17.6. The van der Waals surface area contributed by atoms with Crippen molar-refractivity contribution in [2.24, 2.45) is 5.92 Å². The van der Waals surface area contributed by atoms with Crippen LogP contribution in [0.2, 0.25) is 0 Å². The summed E-state index contributed by atoms with van der Waals surface area (Å²) in [6.45, 7) is 4.48. The zero-order valence-corrected chi connectivity index (χ0v) is 13.1. The third-order valence-electron chi connectivity index (χ3n) is 4.20. The van der Waals surface area contributed by atoms with Crippen LogP contribution in [0.3, 0.4) is 0 Å². The van der Waals surface area contributed by atoms with Gasteiger partial charge in [0, 0.05) is 12.1 Å². The second-order valence-corrected chi connectivity index (χ2v) is 5.79. The number of benzene rings is 1. The Morgan fingerprint density at radius 3 is 2.45 bits per heavy atom. The van der Waals surface area contributed by atoms with Crippen molar-refractivity contribution in [3.8, 4) is 11.5 Å². The quantitative estimate of drug-likeness (QED) is 0.781. The Labute approximate surface area is 122 Å². The van der Waals surface area contributed by atoms with Crippen molar-refractivity contribution in [1.29, 1.82) is 0 Å². The van der Waals surface area contributed by atoms with E-state index in [1.54, 1.807) is 14.2 Å². The fourth-order valence-corrected chi connectivity index (χ4v) is 2.68. The van der Waals surface area contributed by atoms with Crippen molar-refractivity contribution in [3.63, 3.8) is 0 Å². The molecule has 2 atom stereocenters. The van der Waals surface area contributed by atoms with Gasteiger partial charge in [-0.25, -0.2) is 0 Å². The average Bonchev–Trinajstić information content (AvgIpc) is 3.29. The Hall–Kier alpha value is -1.22. The van der Waals surface area contributed by atoms with E-state index >= 15 is 0 Å². The van der Waals surface area contributed by atoms with Gasteiger partial charge in [0.05, 0.1) is 14.2 Å². The minimum Gasteiger partial charge on any atom is -0.493 e. The Bertz CT molecular complexity index is 429. The fourth-order valence-electron chi connectivity index (χ4n) is 2.68. The standard InChI is InChI=1S/C17H27NO2/c1-5-15(10-13-6-7-13)18-12(2)14-8-9-16(19-3)17(11-14)20-4/h8-9,11-13,15,18H,5-7,10H2,1-4H3. The monoisotopic (exact) mass is 277 g/mol. The highest BCUT2D eigenvalue weighted by Gasteiger charge is 2.25. The third-order valence-corrected chi connectivity index (χ3v) is 4.20. The first kappa shape index (κ1) is 15.2. The van der Waals surface area contributed by atoms with Crippen LogP contribution in [0, 0.1) is 5.92 Å². The van der Waals surface area contributed by atoms with E-state index in [2.05, 4.69) is 31.3 Å². The molecule has 1 saturated carbocycles. The number of hydrogen-bond donors (Lipinski definition) is 1. The summed E-state index contributed by atoms with van der Waals surface area (Å²) < 4.78 is 10.7. The molecule has 0 bridgehead atoms. The van der Waals surface area contributed by atoms with Gasteiger partial charge in [0.15, 0.2) is 11.5 Å². The van der Waals surface area contributed by atoms with Gasteiger partial charge in [-0.2, -0.15) is 0 Å². The molecule has 3 nitrogen and oxygen atoms in total. The van der Waals surface area contributed by atoms with Gasteiger partial charge in [0.2, 0.25) is 0 Å². The first-order valence-corrected chi connectivity index (χ1v) is 7.65. The maximum Gasteiger partial charge on any atom is 0.161 e. The Morgan fingerprint density at radius 2 is 1.90 bits per heavy atom. The van der Waals surface area contributed by atoms with Gasteiger partial charge in [0.1, 0.15) is 0 Å². The molecule has 0 aromatic heterocycles. The Kier molecular flexibility index (Phi) is 5.30. The first-order chi connectivity index (χ1) is 9.67. The molecule has 2 unspecified atom stereocenters. The van der Waals surface area contributed by atoms with E-state index in [0.29, 0.717) is 12.1 Å². The molecule has 0 heterocycles. The van der Waals surface area contributed by atoms with Crippen LogP contribution >= 0.6 is 0 Å². The van der Waals surface area contributed by atoms with Crippen LogP contribution < -0.4 is 14.8 Å². The highest BCUT2D eigenvalue weighted by Crippen LogP contribution is 2.35. The number of nitrogens with one attached hydrogen (secondary N) is 1. The molecule has 1 fully saturated rings. The molecule has 1 aliphatic rings. The molecule has 0 radical (unpaired) electrons. The van der Waals surface area contributed by atoms with E-state index in [-0.39, 0.29) is 0 Å². The summed E-state index contributed by atoms with van der Waals surface area (Å²) in [5.74, 6) is 2.55. The SMILES string of the molecule is CCC(CC1CC1)NC(C)c1ccc(OC)c(OC)c1. The van der Waals surface area contributed by atoms with E-state index in [1.807, 2.05) is 6.07 Å². The highest BCUT2D eigenvalue weighted by molar-refractivity contribution is 5.43. The van der Waals surface area contributed by atoms with Crippen molar-refractivity contribution in [1.82, 2.24) is 5.32 Å². The maximum absolute atomic E-state index is 5.38. The van der Waals surface area contributed by atoms with Crippen molar-refractivity contribution >= 4 is 0 Å². The van der Waals surface area contributed by atoms with Gasteiger partial charge >= 0.3 is 0 Å². The molecule has 112 valence electrons. The second-order valence-electron chi connectivity index (χ2n) is 5.79. The van der Waals surface area contributed by atoms with Crippen LogP contribution in [-0.2, 0) is 0 Å². The van der Waals surface area contributed by atoms with Gasteiger partial charge in [-0.3, -0.25) is 0 Å². The van der Waals surface area contributed by atoms with E-state index < -0.39 is 0 Å². The van der Waals surface area contributed by atoms with Crippen molar-refractivity contribution < 1.29 is 9.47 Å². The predicted octanol–water partition coefficient (Wildman–Crippen LogP) is 3.93. The van der Waals surface area contributed by atoms with Crippen molar-refractivity contribution in [2.75, 3.05) is 14.2 Å². The van der Waals surface area contributed by atoms with Gasteiger partial charge in [0.25, 0.3) is 0 Å². The number of rotatable bonds is 8. The summed E-state index contributed by atoms with van der Waals surface area (Å²) in [6.07, 6.45) is 5.34. The molecule has 1 aromatic rings. The van der Waals surface area contributed by atoms with Crippen LogP contribution in [0.4, 0.5) is 0 Å². The minimum atomic E-state index is 0.332. The van der Waals surface area contributed by atoms with E-state index in [4.69, 9.17) is 9.47 Å². The molecule has 3 heteroatoms. The first-order valence-electron chi connectivity index (χ1n) is 7.65. The Balaban J connectivity index is 2.01. The smallest absolute Gasteiger partial charge is 0.161 e. The van der Waals surface area contributed by atoms with Crippen LogP contribution in [0.5, 0.6) is 11.5 Å². The number of hydrogen-bond acceptors (Lipinski definition) is 3. The van der Waals surface area contributed by atoms with Crippen molar-refractivity contribution in [3.05, 3.63) is 23.8 Å². The van der Waals surface area contributed by atoms with Crippen LogP contribution in [0.25, 0.3) is 0 Å². The molecular formula is C17H27NO2. The molecule has 0 amide bonds. The minimum absolute atomic E-state index is 0.332. The lowest BCUT2D eigenvalue weighted by molar-refractivity contribution is 0.353. The summed E-state index contributed by atoms with van der Waals surface area (Å²) in [4.78, 5) is 0. The molecular weight excluding hydrogens is 250 g/mol. The third kappa shape index (κ3) is 3.89. The molecule has 2 rings (SSSR count). The summed E-state index contributed by atoms with van der Waals surface area (Å²) in [5.41, 5.74) is 1.25. The largest absolute Gasteiger partial charge is 0.493 e. The number of methoxy groups -OCH3 is 2. The molecule has 20 heavy (non-hydrogen) atoms. The van der Waals surface area contributed by atoms with Crippen LogP contribution in [0.15, 0.2) is 18.2 Å². The summed E-state index contributed by atoms with van der Waals surface area (Å²) >= 11 is 0. The molecule has 1 aromatic carbocycles. The molecule has 0 saturated heterocycles. The van der Waals surface area contributed by atoms with Gasteiger partial charge in [-0.1, -0.05) is 25.8 Å². The zero-order valence-electron chi connectivity index (χ0n) is 13.1. The number of ether oxygens (including phenoxy) is 2. The van der Waals surface area contributed by atoms with Crippen LogP contribution in [-0.4, -0.2) is 20.3 Å². The van der Waals surface area contributed by atoms with E-state index in [1.165, 1.54) is 31.2 Å². The topological polar surface area (TPSA) is 30.5 Å². The molecule has 1 aliphatic carbocycles. The summed E-state index contributed by atoms with van der Waals surface area (Å²) in [5, 5.41) is 3.75. The molecule has 1 N–H and O–H groups in total. The van der Waals surface area contributed by atoms with E-state index in [9.17, 15) is 0 Å².